The van der Waals surface area contributed by atoms with Crippen molar-refractivity contribution in [2.24, 2.45) is 5.92 Å². The third-order valence-corrected chi connectivity index (χ3v) is 6.76. The third kappa shape index (κ3) is 4.32. The normalized spacial score (nSPS) is 17.8. The Balaban J connectivity index is 1.75. The minimum atomic E-state index is -3.69. The molecule has 1 saturated heterocycles. The van der Waals surface area contributed by atoms with Crippen LogP contribution < -0.4 is 5.32 Å². The zero-order valence-electron chi connectivity index (χ0n) is 14.7. The van der Waals surface area contributed by atoms with E-state index in [2.05, 4.69) is 5.32 Å². The molecule has 0 spiro atoms. The standard InChI is InChI=1S/C18H18ClN3O5S/c19-16-9-8-14(22(24)25)11-17(16)20-18(23)13-5-4-10-21(12-13)28(26,27)15-6-2-1-3-7-15/h1-3,6-9,11,13H,4-5,10,12H2,(H,20,23). The maximum atomic E-state index is 12.8. The molecule has 1 N–H and O–H groups in total. The maximum absolute atomic E-state index is 12.8. The summed E-state index contributed by atoms with van der Waals surface area (Å²) in [7, 11) is -3.69. The smallest absolute Gasteiger partial charge is 0.271 e. The Morgan fingerprint density at radius 2 is 1.93 bits per heavy atom. The molecule has 0 bridgehead atoms. The third-order valence-electron chi connectivity index (χ3n) is 4.55. The molecule has 10 heteroatoms. The first kappa shape index (κ1) is 20.2. The van der Waals surface area contributed by atoms with Gasteiger partial charge < -0.3 is 5.32 Å². The largest absolute Gasteiger partial charge is 0.324 e. The lowest BCUT2D eigenvalue weighted by molar-refractivity contribution is -0.384. The van der Waals surface area contributed by atoms with E-state index < -0.39 is 26.8 Å². The maximum Gasteiger partial charge on any atom is 0.271 e. The van der Waals surface area contributed by atoms with E-state index in [1.165, 1.54) is 34.6 Å². The van der Waals surface area contributed by atoms with Crippen LogP contribution in [0.2, 0.25) is 5.02 Å². The van der Waals surface area contributed by atoms with Crippen LogP contribution in [-0.2, 0) is 14.8 Å². The summed E-state index contributed by atoms with van der Waals surface area (Å²) < 4.78 is 26.9. The number of amides is 1. The summed E-state index contributed by atoms with van der Waals surface area (Å²) in [5, 5.41) is 13.7. The predicted octanol–water partition coefficient (Wildman–Crippen LogP) is 3.29. The number of hydrogen-bond donors (Lipinski definition) is 1. The quantitative estimate of drug-likeness (QED) is 0.586. The first-order chi connectivity index (χ1) is 13.3. The zero-order valence-corrected chi connectivity index (χ0v) is 16.3. The SMILES string of the molecule is O=C(Nc1cc([N+](=O)[O-])ccc1Cl)C1CCCN(S(=O)(=O)c2ccccc2)C1. The number of nitro benzene ring substituents is 1. The summed E-state index contributed by atoms with van der Waals surface area (Å²) in [5.41, 5.74) is -0.0690. The minimum Gasteiger partial charge on any atom is -0.324 e. The van der Waals surface area contributed by atoms with E-state index in [9.17, 15) is 23.3 Å². The van der Waals surface area contributed by atoms with Gasteiger partial charge >= 0.3 is 0 Å². The van der Waals surface area contributed by atoms with Gasteiger partial charge in [0, 0.05) is 25.2 Å². The molecule has 1 aliphatic heterocycles. The molecule has 148 valence electrons. The van der Waals surface area contributed by atoms with Gasteiger partial charge in [0.25, 0.3) is 5.69 Å². The second-order valence-corrected chi connectivity index (χ2v) is 8.77. The van der Waals surface area contributed by atoms with Crippen LogP contribution in [0.1, 0.15) is 12.8 Å². The van der Waals surface area contributed by atoms with Gasteiger partial charge in [-0.25, -0.2) is 8.42 Å². The van der Waals surface area contributed by atoms with Crippen LogP contribution in [0, 0.1) is 16.0 Å². The van der Waals surface area contributed by atoms with E-state index >= 15 is 0 Å². The van der Waals surface area contributed by atoms with Crippen LogP contribution in [-0.4, -0.2) is 36.6 Å². The number of hydrogen-bond acceptors (Lipinski definition) is 5. The summed E-state index contributed by atoms with van der Waals surface area (Å²) in [4.78, 5) is 23.2. The first-order valence-electron chi connectivity index (χ1n) is 8.59. The van der Waals surface area contributed by atoms with E-state index in [0.717, 1.165) is 0 Å². The predicted molar refractivity (Wildman–Crippen MR) is 105 cm³/mol. The summed E-state index contributed by atoms with van der Waals surface area (Å²) in [5.74, 6) is -1.00. The molecular weight excluding hydrogens is 406 g/mol. The summed E-state index contributed by atoms with van der Waals surface area (Å²) in [6.07, 6.45) is 1.05. The van der Waals surface area contributed by atoms with Crippen LogP contribution in [0.3, 0.4) is 0 Å². The number of nitrogens with zero attached hydrogens (tertiary/aromatic N) is 2. The van der Waals surface area contributed by atoms with Crippen LogP contribution in [0.15, 0.2) is 53.4 Å². The lowest BCUT2D eigenvalue weighted by Gasteiger charge is -2.31. The number of carbonyl (C=O) groups is 1. The molecule has 2 aromatic rings. The van der Waals surface area contributed by atoms with Gasteiger partial charge in [-0.1, -0.05) is 29.8 Å². The Hall–Kier alpha value is -2.49. The Morgan fingerprint density at radius 1 is 1.21 bits per heavy atom. The Labute approximate surface area is 167 Å². The van der Waals surface area contributed by atoms with Crippen molar-refractivity contribution in [3.63, 3.8) is 0 Å². The van der Waals surface area contributed by atoms with Gasteiger partial charge in [0.15, 0.2) is 0 Å². The van der Waals surface area contributed by atoms with Crippen molar-refractivity contribution in [1.82, 2.24) is 4.31 Å². The van der Waals surface area contributed by atoms with Crippen LogP contribution >= 0.6 is 11.6 Å². The number of nitrogens with one attached hydrogen (secondary N) is 1. The van der Waals surface area contributed by atoms with Crippen molar-refractivity contribution in [3.05, 3.63) is 63.7 Å². The van der Waals surface area contributed by atoms with Crippen molar-refractivity contribution in [1.29, 1.82) is 0 Å². The summed E-state index contributed by atoms with van der Waals surface area (Å²) in [6, 6.07) is 11.8. The minimum absolute atomic E-state index is 0.0373. The fourth-order valence-electron chi connectivity index (χ4n) is 3.07. The van der Waals surface area contributed by atoms with E-state index in [4.69, 9.17) is 11.6 Å². The van der Waals surface area contributed by atoms with Gasteiger partial charge in [-0.15, -0.1) is 0 Å². The first-order valence-corrected chi connectivity index (χ1v) is 10.4. The fourth-order valence-corrected chi connectivity index (χ4v) is 4.78. The average molecular weight is 424 g/mol. The molecule has 0 radical (unpaired) electrons. The number of sulfonamides is 1. The highest BCUT2D eigenvalue weighted by Crippen LogP contribution is 2.29. The fraction of sp³-hybridized carbons (Fsp3) is 0.278. The molecule has 28 heavy (non-hydrogen) atoms. The lowest BCUT2D eigenvalue weighted by Crippen LogP contribution is -2.43. The number of benzene rings is 2. The lowest BCUT2D eigenvalue weighted by atomic mass is 9.98. The van der Waals surface area contributed by atoms with E-state index in [1.807, 2.05) is 0 Å². The summed E-state index contributed by atoms with van der Waals surface area (Å²) in [6.45, 7) is 0.369. The summed E-state index contributed by atoms with van der Waals surface area (Å²) >= 11 is 6.02. The number of piperidine rings is 1. The number of non-ortho nitro benzene ring substituents is 1. The topological polar surface area (TPSA) is 110 Å². The van der Waals surface area contributed by atoms with E-state index in [1.54, 1.807) is 18.2 Å². The van der Waals surface area contributed by atoms with Crippen molar-refractivity contribution < 1.29 is 18.1 Å². The molecule has 0 saturated carbocycles. The van der Waals surface area contributed by atoms with Crippen LogP contribution in [0.25, 0.3) is 0 Å². The molecule has 8 nitrogen and oxygen atoms in total. The second-order valence-electron chi connectivity index (χ2n) is 6.43. The van der Waals surface area contributed by atoms with Gasteiger partial charge in [0.1, 0.15) is 0 Å². The van der Waals surface area contributed by atoms with Crippen LogP contribution in [0.5, 0.6) is 0 Å². The van der Waals surface area contributed by atoms with Gasteiger partial charge in [-0.05, 0) is 31.0 Å². The van der Waals surface area contributed by atoms with Crippen molar-refractivity contribution >= 4 is 38.9 Å². The Morgan fingerprint density at radius 3 is 2.61 bits per heavy atom. The zero-order chi connectivity index (χ0) is 20.3. The second kappa shape index (κ2) is 8.26. The molecule has 0 aromatic heterocycles. The molecule has 1 aliphatic rings. The molecule has 3 rings (SSSR count). The average Bonchev–Trinajstić information content (AvgIpc) is 2.70. The molecule has 2 aromatic carbocycles. The number of rotatable bonds is 5. The number of anilines is 1. The number of halogens is 1. The molecule has 0 aliphatic carbocycles. The monoisotopic (exact) mass is 423 g/mol. The van der Waals surface area contributed by atoms with Gasteiger partial charge in [-0.3, -0.25) is 14.9 Å². The molecule has 1 atom stereocenters. The number of nitro groups is 1. The molecule has 1 fully saturated rings. The highest BCUT2D eigenvalue weighted by Gasteiger charge is 2.33. The molecule has 1 unspecified atom stereocenters. The Bertz CT molecular complexity index is 998. The highest BCUT2D eigenvalue weighted by molar-refractivity contribution is 7.89. The number of carbonyl (C=O) groups excluding carboxylic acids is 1. The molecule has 1 amide bonds. The van der Waals surface area contributed by atoms with Gasteiger partial charge in [-0.2, -0.15) is 4.31 Å². The highest BCUT2D eigenvalue weighted by atomic mass is 35.5. The van der Waals surface area contributed by atoms with Crippen molar-refractivity contribution in [2.75, 3.05) is 18.4 Å². The van der Waals surface area contributed by atoms with E-state index in [-0.39, 0.29) is 27.8 Å². The van der Waals surface area contributed by atoms with Gasteiger partial charge in [0.05, 0.1) is 26.4 Å². The van der Waals surface area contributed by atoms with Crippen molar-refractivity contribution in [3.8, 4) is 0 Å². The van der Waals surface area contributed by atoms with Crippen molar-refractivity contribution in [2.45, 2.75) is 17.7 Å². The molecular formula is C18H18ClN3O5S. The Kier molecular flexibility index (Phi) is 5.97. The van der Waals surface area contributed by atoms with E-state index in [0.29, 0.717) is 19.4 Å². The van der Waals surface area contributed by atoms with Crippen LogP contribution in [0.4, 0.5) is 11.4 Å². The van der Waals surface area contributed by atoms with Gasteiger partial charge in [0.2, 0.25) is 15.9 Å². The molecule has 1 heterocycles.